The number of morpholine rings is 1. The molecule has 0 spiro atoms. The second-order valence-electron chi connectivity index (χ2n) is 9.12. The van der Waals surface area contributed by atoms with Crippen LogP contribution in [-0.4, -0.2) is 66.0 Å². The minimum atomic E-state index is 0.234. The molecule has 6 nitrogen and oxygen atoms in total. The van der Waals surface area contributed by atoms with Gasteiger partial charge in [0.15, 0.2) is 10.7 Å². The van der Waals surface area contributed by atoms with E-state index in [1.165, 1.54) is 5.69 Å². The smallest absolute Gasteiger partial charge is 0.195 e. The number of imidazole rings is 1. The molecule has 1 fully saturated rings. The molecule has 0 bridgehead atoms. The summed E-state index contributed by atoms with van der Waals surface area (Å²) in [5.74, 6) is 0.234. The Kier molecular flexibility index (Phi) is 7.46. The van der Waals surface area contributed by atoms with Gasteiger partial charge in [-0.25, -0.2) is 4.98 Å². The van der Waals surface area contributed by atoms with Gasteiger partial charge in [-0.3, -0.25) is 9.20 Å². The fourth-order valence-corrected chi connectivity index (χ4v) is 5.85. The number of benzene rings is 2. The third kappa shape index (κ3) is 5.27. The molecule has 1 aliphatic heterocycles. The molecule has 4 aromatic rings. The van der Waals surface area contributed by atoms with Gasteiger partial charge in [0.05, 0.1) is 29.1 Å². The number of carbonyl (C=O) groups excluding carboxylic acids is 1. The zero-order valence-corrected chi connectivity index (χ0v) is 21.5. The Bertz CT molecular complexity index is 1300. The standard InChI is InChI=1S/C28H34N4O2S/c1-3-30(4-2)13-6-5-10-26(33)22-11-12-25-27(19-22)35-28-29-24(20-32(25)28)21-8-7-9-23(18-21)31-14-16-34-17-15-31/h7-9,11-12,18-20H,3-6,10,13-17H2,1-2H3. The van der Waals surface area contributed by atoms with Crippen molar-refractivity contribution in [2.45, 2.75) is 33.1 Å². The van der Waals surface area contributed by atoms with Crippen LogP contribution < -0.4 is 4.90 Å². The molecule has 35 heavy (non-hydrogen) atoms. The first-order chi connectivity index (χ1) is 17.2. The molecular weight excluding hydrogens is 456 g/mol. The molecule has 0 aliphatic carbocycles. The number of Topliss-reactive ketones (excluding diaryl/α,β-unsaturated/α-hetero) is 1. The molecule has 1 aliphatic rings. The molecule has 0 N–H and O–H groups in total. The molecule has 0 amide bonds. The van der Waals surface area contributed by atoms with Gasteiger partial charge in [-0.15, -0.1) is 0 Å². The number of unbranched alkanes of at least 4 members (excludes halogenated alkanes) is 1. The van der Waals surface area contributed by atoms with E-state index in [9.17, 15) is 4.79 Å². The maximum absolute atomic E-state index is 12.8. The number of hydrogen-bond acceptors (Lipinski definition) is 6. The number of ether oxygens (including phenoxy) is 1. The average molecular weight is 491 g/mol. The Hall–Kier alpha value is -2.74. The van der Waals surface area contributed by atoms with Gasteiger partial charge >= 0.3 is 0 Å². The average Bonchev–Trinajstić information content (AvgIpc) is 3.47. The number of ketones is 1. The molecule has 5 rings (SSSR count). The Balaban J connectivity index is 1.30. The molecule has 0 atom stereocenters. The third-order valence-electron chi connectivity index (χ3n) is 6.96. The second kappa shape index (κ2) is 10.9. The van der Waals surface area contributed by atoms with Crippen molar-refractivity contribution in [2.75, 3.05) is 50.8 Å². The fourth-order valence-electron chi connectivity index (χ4n) is 4.80. The number of nitrogens with zero attached hydrogens (tertiary/aromatic N) is 4. The number of aromatic nitrogens is 2. The molecule has 2 aromatic heterocycles. The van der Waals surface area contributed by atoms with Crippen LogP contribution in [-0.2, 0) is 4.74 Å². The van der Waals surface area contributed by atoms with Crippen LogP contribution in [0.3, 0.4) is 0 Å². The van der Waals surface area contributed by atoms with E-state index in [1.54, 1.807) is 11.3 Å². The van der Waals surface area contributed by atoms with Crippen molar-refractivity contribution < 1.29 is 9.53 Å². The van der Waals surface area contributed by atoms with Crippen LogP contribution in [0.15, 0.2) is 48.7 Å². The molecule has 0 saturated carbocycles. The van der Waals surface area contributed by atoms with Crippen molar-refractivity contribution in [3.05, 3.63) is 54.2 Å². The predicted molar refractivity (Wildman–Crippen MR) is 145 cm³/mol. The highest BCUT2D eigenvalue weighted by Crippen LogP contribution is 2.31. The van der Waals surface area contributed by atoms with E-state index < -0.39 is 0 Å². The van der Waals surface area contributed by atoms with E-state index >= 15 is 0 Å². The SMILES string of the molecule is CCN(CC)CCCCC(=O)c1ccc2c(c1)sc1nc(-c3cccc(N4CCOCC4)c3)cn12. The number of rotatable bonds is 10. The van der Waals surface area contributed by atoms with Crippen molar-refractivity contribution in [2.24, 2.45) is 0 Å². The Labute approximate surface area is 211 Å². The lowest BCUT2D eigenvalue weighted by Crippen LogP contribution is -2.36. The molecule has 1 saturated heterocycles. The molecule has 3 heterocycles. The normalized spacial score (nSPS) is 14.4. The summed E-state index contributed by atoms with van der Waals surface area (Å²) in [6.45, 7) is 11.0. The molecule has 7 heteroatoms. The number of hydrogen-bond donors (Lipinski definition) is 0. The summed E-state index contributed by atoms with van der Waals surface area (Å²) in [6.07, 6.45) is 4.73. The predicted octanol–water partition coefficient (Wildman–Crippen LogP) is 5.75. The first kappa shape index (κ1) is 24.0. The van der Waals surface area contributed by atoms with Crippen LogP contribution in [0.1, 0.15) is 43.5 Å². The van der Waals surface area contributed by atoms with Gasteiger partial charge in [0, 0.05) is 42.5 Å². The van der Waals surface area contributed by atoms with Crippen molar-refractivity contribution in [1.29, 1.82) is 0 Å². The summed E-state index contributed by atoms with van der Waals surface area (Å²) in [6, 6.07) is 14.7. The van der Waals surface area contributed by atoms with Gasteiger partial charge < -0.3 is 14.5 Å². The maximum atomic E-state index is 12.8. The zero-order chi connectivity index (χ0) is 24.2. The molecule has 184 valence electrons. The lowest BCUT2D eigenvalue weighted by molar-refractivity contribution is 0.0978. The van der Waals surface area contributed by atoms with E-state index in [0.717, 1.165) is 90.8 Å². The fraction of sp³-hybridized carbons (Fsp3) is 0.429. The molecule has 0 unspecified atom stereocenters. The lowest BCUT2D eigenvalue weighted by Gasteiger charge is -2.29. The van der Waals surface area contributed by atoms with Crippen molar-refractivity contribution in [3.8, 4) is 11.3 Å². The van der Waals surface area contributed by atoms with Gasteiger partial charge in [-0.05, 0) is 62.8 Å². The summed E-state index contributed by atoms with van der Waals surface area (Å²) in [4.78, 5) is 23.4. The maximum Gasteiger partial charge on any atom is 0.195 e. The van der Waals surface area contributed by atoms with Crippen LogP contribution in [0, 0.1) is 0 Å². The highest BCUT2D eigenvalue weighted by atomic mass is 32.1. The van der Waals surface area contributed by atoms with E-state index in [-0.39, 0.29) is 5.78 Å². The first-order valence-electron chi connectivity index (χ1n) is 12.8. The second-order valence-corrected chi connectivity index (χ2v) is 10.1. The van der Waals surface area contributed by atoms with Crippen LogP contribution >= 0.6 is 11.3 Å². The summed E-state index contributed by atoms with van der Waals surface area (Å²) in [7, 11) is 0. The number of fused-ring (bicyclic) bond motifs is 3. The molecular formula is C28H34N4O2S. The van der Waals surface area contributed by atoms with Gasteiger partial charge in [-0.2, -0.15) is 0 Å². The van der Waals surface area contributed by atoms with E-state index in [1.807, 2.05) is 12.1 Å². The summed E-state index contributed by atoms with van der Waals surface area (Å²) in [5.41, 5.74) is 5.22. The quantitative estimate of drug-likeness (QED) is 0.209. The molecule has 0 radical (unpaired) electrons. The monoisotopic (exact) mass is 490 g/mol. The number of thiazole rings is 1. The van der Waals surface area contributed by atoms with Crippen LogP contribution in [0.2, 0.25) is 0 Å². The summed E-state index contributed by atoms with van der Waals surface area (Å²) >= 11 is 1.65. The minimum Gasteiger partial charge on any atom is -0.378 e. The Morgan fingerprint density at radius 1 is 1.09 bits per heavy atom. The van der Waals surface area contributed by atoms with Crippen LogP contribution in [0.5, 0.6) is 0 Å². The van der Waals surface area contributed by atoms with Crippen molar-refractivity contribution in [3.63, 3.8) is 0 Å². The van der Waals surface area contributed by atoms with Crippen LogP contribution in [0.4, 0.5) is 5.69 Å². The van der Waals surface area contributed by atoms with Gasteiger partial charge in [0.25, 0.3) is 0 Å². The lowest BCUT2D eigenvalue weighted by atomic mass is 10.1. The summed E-state index contributed by atoms with van der Waals surface area (Å²) in [5, 5.41) is 0. The van der Waals surface area contributed by atoms with Gasteiger partial charge in [0.1, 0.15) is 0 Å². The topological polar surface area (TPSA) is 50.1 Å². The van der Waals surface area contributed by atoms with Crippen LogP contribution in [0.25, 0.3) is 26.4 Å². The Morgan fingerprint density at radius 2 is 1.91 bits per heavy atom. The molecule has 2 aromatic carbocycles. The van der Waals surface area contributed by atoms with Crippen molar-refractivity contribution >= 4 is 38.0 Å². The highest BCUT2D eigenvalue weighted by Gasteiger charge is 2.15. The zero-order valence-electron chi connectivity index (χ0n) is 20.7. The number of anilines is 1. The van der Waals surface area contributed by atoms with Crippen molar-refractivity contribution in [1.82, 2.24) is 14.3 Å². The van der Waals surface area contributed by atoms with Gasteiger partial charge in [0.2, 0.25) is 0 Å². The van der Waals surface area contributed by atoms with E-state index in [4.69, 9.17) is 9.72 Å². The first-order valence-corrected chi connectivity index (χ1v) is 13.6. The van der Waals surface area contributed by atoms with E-state index in [0.29, 0.717) is 6.42 Å². The largest absolute Gasteiger partial charge is 0.378 e. The Morgan fingerprint density at radius 3 is 2.71 bits per heavy atom. The third-order valence-corrected chi connectivity index (χ3v) is 7.97. The number of carbonyl (C=O) groups is 1. The highest BCUT2D eigenvalue weighted by molar-refractivity contribution is 7.23. The van der Waals surface area contributed by atoms with Gasteiger partial charge in [-0.1, -0.05) is 37.3 Å². The summed E-state index contributed by atoms with van der Waals surface area (Å²) < 4.78 is 8.75. The van der Waals surface area contributed by atoms with E-state index in [2.05, 4.69) is 64.6 Å². The minimum absolute atomic E-state index is 0.234.